The number of amides is 1. The Morgan fingerprint density at radius 3 is 3.00 bits per heavy atom. The first kappa shape index (κ1) is 13.2. The van der Waals surface area contributed by atoms with Gasteiger partial charge in [0.2, 0.25) is 5.91 Å². The summed E-state index contributed by atoms with van der Waals surface area (Å²) in [6.45, 7) is 10.6. The van der Waals surface area contributed by atoms with Gasteiger partial charge in [-0.05, 0) is 31.5 Å². The average Bonchev–Trinajstić information content (AvgIpc) is 2.26. The van der Waals surface area contributed by atoms with E-state index in [1.54, 1.807) is 0 Å². The van der Waals surface area contributed by atoms with Crippen LogP contribution in [0.5, 0.6) is 0 Å². The molecule has 0 aromatic rings. The van der Waals surface area contributed by atoms with Gasteiger partial charge in [-0.15, -0.1) is 0 Å². The Hall–Kier alpha value is -0.870. The quantitative estimate of drug-likeness (QED) is 0.641. The third-order valence-electron chi connectivity index (χ3n) is 2.98. The highest BCUT2D eigenvalue weighted by molar-refractivity contribution is 5.76. The average molecular weight is 225 g/mol. The van der Waals surface area contributed by atoms with Crippen LogP contribution in [-0.4, -0.2) is 43.5 Å². The smallest absolute Gasteiger partial charge is 0.221 e. The van der Waals surface area contributed by atoms with Gasteiger partial charge in [-0.2, -0.15) is 0 Å². The van der Waals surface area contributed by atoms with Gasteiger partial charge in [0, 0.05) is 19.6 Å². The zero-order valence-corrected chi connectivity index (χ0v) is 10.2. The topological polar surface area (TPSA) is 58.4 Å². The number of likely N-dealkylation sites (tertiary alicyclic amines) is 1. The standard InChI is InChI=1S/C12H23N3O/c1-3-14-7-10(2)8-15-6-4-5-11(9-15)12(13)16/h11,14H,2-9H2,1H3,(H2,13,16). The van der Waals surface area contributed by atoms with E-state index in [0.717, 1.165) is 45.6 Å². The van der Waals surface area contributed by atoms with Crippen molar-refractivity contribution >= 4 is 5.91 Å². The zero-order valence-electron chi connectivity index (χ0n) is 10.2. The number of carbonyl (C=O) groups excluding carboxylic acids is 1. The van der Waals surface area contributed by atoms with Crippen molar-refractivity contribution in [2.45, 2.75) is 19.8 Å². The van der Waals surface area contributed by atoms with Crippen LogP contribution in [0.25, 0.3) is 0 Å². The highest BCUT2D eigenvalue weighted by Gasteiger charge is 2.23. The van der Waals surface area contributed by atoms with Gasteiger partial charge in [-0.25, -0.2) is 0 Å². The fourth-order valence-corrected chi connectivity index (χ4v) is 2.11. The van der Waals surface area contributed by atoms with Gasteiger partial charge in [0.05, 0.1) is 5.92 Å². The molecule has 0 aromatic heterocycles. The van der Waals surface area contributed by atoms with Gasteiger partial charge < -0.3 is 11.1 Å². The molecule has 1 heterocycles. The van der Waals surface area contributed by atoms with Crippen LogP contribution in [0.1, 0.15) is 19.8 Å². The second kappa shape index (κ2) is 6.66. The van der Waals surface area contributed by atoms with Crippen molar-refractivity contribution in [3.8, 4) is 0 Å². The predicted molar refractivity (Wildman–Crippen MR) is 66.0 cm³/mol. The number of piperidine rings is 1. The summed E-state index contributed by atoms with van der Waals surface area (Å²) in [5.74, 6) is -0.136. The predicted octanol–water partition coefficient (Wildman–Crippen LogP) is 0.349. The van der Waals surface area contributed by atoms with Crippen LogP contribution in [0.2, 0.25) is 0 Å². The Morgan fingerprint density at radius 1 is 1.62 bits per heavy atom. The second-order valence-electron chi connectivity index (χ2n) is 4.51. The molecule has 1 saturated heterocycles. The van der Waals surface area contributed by atoms with Gasteiger partial charge >= 0.3 is 0 Å². The molecule has 1 rings (SSSR count). The van der Waals surface area contributed by atoms with Gasteiger partial charge in [0.1, 0.15) is 0 Å². The Kier molecular flexibility index (Phi) is 5.49. The number of primary amides is 1. The minimum absolute atomic E-state index is 0.0284. The SMILES string of the molecule is C=C(CNCC)CN1CCCC(C(N)=O)C1. The molecular formula is C12H23N3O. The van der Waals surface area contributed by atoms with Crippen molar-refractivity contribution in [2.75, 3.05) is 32.7 Å². The monoisotopic (exact) mass is 225 g/mol. The second-order valence-corrected chi connectivity index (χ2v) is 4.51. The number of hydrogen-bond acceptors (Lipinski definition) is 3. The molecule has 0 aliphatic carbocycles. The van der Waals surface area contributed by atoms with Crippen LogP contribution in [0.3, 0.4) is 0 Å². The first-order valence-corrected chi connectivity index (χ1v) is 6.02. The van der Waals surface area contributed by atoms with E-state index in [2.05, 4.69) is 23.7 Å². The summed E-state index contributed by atoms with van der Waals surface area (Å²) >= 11 is 0. The van der Waals surface area contributed by atoms with Crippen molar-refractivity contribution in [1.29, 1.82) is 0 Å². The number of nitrogens with one attached hydrogen (secondary N) is 1. The van der Waals surface area contributed by atoms with E-state index in [9.17, 15) is 4.79 Å². The Balaban J connectivity index is 2.31. The lowest BCUT2D eigenvalue weighted by Crippen LogP contribution is -2.42. The van der Waals surface area contributed by atoms with Crippen LogP contribution in [0.4, 0.5) is 0 Å². The van der Waals surface area contributed by atoms with Gasteiger partial charge in [0.15, 0.2) is 0 Å². The van der Waals surface area contributed by atoms with E-state index in [0.29, 0.717) is 0 Å². The van der Waals surface area contributed by atoms with E-state index in [-0.39, 0.29) is 11.8 Å². The third-order valence-corrected chi connectivity index (χ3v) is 2.98. The molecule has 3 N–H and O–H groups in total. The van der Waals surface area contributed by atoms with Crippen molar-refractivity contribution < 1.29 is 4.79 Å². The Labute approximate surface area is 97.9 Å². The largest absolute Gasteiger partial charge is 0.369 e. The molecule has 0 aromatic carbocycles. The molecular weight excluding hydrogens is 202 g/mol. The lowest BCUT2D eigenvalue weighted by molar-refractivity contribution is -0.123. The lowest BCUT2D eigenvalue weighted by atomic mass is 9.97. The lowest BCUT2D eigenvalue weighted by Gasteiger charge is -2.31. The van der Waals surface area contributed by atoms with E-state index in [1.807, 2.05) is 0 Å². The normalized spacial score (nSPS) is 21.9. The Bertz CT molecular complexity index is 253. The maximum Gasteiger partial charge on any atom is 0.221 e. The number of hydrogen-bond donors (Lipinski definition) is 2. The van der Waals surface area contributed by atoms with Gasteiger partial charge in [-0.3, -0.25) is 9.69 Å². The summed E-state index contributed by atoms with van der Waals surface area (Å²) in [7, 11) is 0. The first-order valence-electron chi connectivity index (χ1n) is 6.02. The molecule has 0 spiro atoms. The minimum Gasteiger partial charge on any atom is -0.369 e. The van der Waals surface area contributed by atoms with Crippen LogP contribution < -0.4 is 11.1 Å². The Morgan fingerprint density at radius 2 is 2.38 bits per heavy atom. The maximum atomic E-state index is 11.1. The fraction of sp³-hybridized carbons (Fsp3) is 0.750. The van der Waals surface area contributed by atoms with Crippen molar-refractivity contribution in [3.63, 3.8) is 0 Å². The number of nitrogens with zero attached hydrogens (tertiary/aromatic N) is 1. The molecule has 4 heteroatoms. The molecule has 0 radical (unpaired) electrons. The maximum absolute atomic E-state index is 11.1. The molecule has 1 fully saturated rings. The third kappa shape index (κ3) is 4.33. The summed E-state index contributed by atoms with van der Waals surface area (Å²) in [4.78, 5) is 13.4. The van der Waals surface area contributed by atoms with E-state index >= 15 is 0 Å². The molecule has 92 valence electrons. The molecule has 4 nitrogen and oxygen atoms in total. The van der Waals surface area contributed by atoms with Crippen LogP contribution >= 0.6 is 0 Å². The van der Waals surface area contributed by atoms with Crippen LogP contribution in [0.15, 0.2) is 12.2 Å². The fourth-order valence-electron chi connectivity index (χ4n) is 2.11. The number of nitrogens with two attached hydrogens (primary N) is 1. The zero-order chi connectivity index (χ0) is 12.0. The number of carbonyl (C=O) groups is 1. The van der Waals surface area contributed by atoms with E-state index in [1.165, 1.54) is 5.57 Å². The van der Waals surface area contributed by atoms with E-state index < -0.39 is 0 Å². The highest BCUT2D eigenvalue weighted by Crippen LogP contribution is 2.16. The molecule has 1 amide bonds. The van der Waals surface area contributed by atoms with Crippen molar-refractivity contribution in [2.24, 2.45) is 11.7 Å². The molecule has 1 aliphatic heterocycles. The molecule has 0 bridgehead atoms. The summed E-state index contributed by atoms with van der Waals surface area (Å²) in [6.07, 6.45) is 1.99. The van der Waals surface area contributed by atoms with Crippen LogP contribution in [-0.2, 0) is 4.79 Å². The van der Waals surface area contributed by atoms with Crippen LogP contribution in [0, 0.1) is 5.92 Å². The van der Waals surface area contributed by atoms with Gasteiger partial charge in [0.25, 0.3) is 0 Å². The summed E-state index contributed by atoms with van der Waals surface area (Å²) in [5.41, 5.74) is 6.51. The number of rotatable bonds is 6. The van der Waals surface area contributed by atoms with Crippen molar-refractivity contribution in [3.05, 3.63) is 12.2 Å². The van der Waals surface area contributed by atoms with Gasteiger partial charge in [-0.1, -0.05) is 13.5 Å². The van der Waals surface area contributed by atoms with E-state index in [4.69, 9.17) is 5.73 Å². The molecule has 1 atom stereocenters. The minimum atomic E-state index is -0.165. The summed E-state index contributed by atoms with van der Waals surface area (Å²) in [5, 5.41) is 3.25. The molecule has 1 unspecified atom stereocenters. The molecule has 16 heavy (non-hydrogen) atoms. The molecule has 1 aliphatic rings. The summed E-state index contributed by atoms with van der Waals surface area (Å²) in [6, 6.07) is 0. The molecule has 0 saturated carbocycles. The number of likely N-dealkylation sites (N-methyl/N-ethyl adjacent to an activating group) is 1. The first-order chi connectivity index (χ1) is 7.63. The van der Waals surface area contributed by atoms with Crippen molar-refractivity contribution in [1.82, 2.24) is 10.2 Å². The summed E-state index contributed by atoms with van der Waals surface area (Å²) < 4.78 is 0. The highest BCUT2D eigenvalue weighted by atomic mass is 16.1.